The smallest absolute Gasteiger partial charge is 0.352 e. The molecule has 0 saturated carbocycles. The maximum Gasteiger partial charge on any atom is 0.352 e. The lowest BCUT2D eigenvalue weighted by Gasteiger charge is -2.39. The third-order valence-corrected chi connectivity index (χ3v) is 5.42. The molecule has 0 amide bonds. The van der Waals surface area contributed by atoms with Gasteiger partial charge in [-0.15, -0.1) is 0 Å². The van der Waals surface area contributed by atoms with E-state index in [1.54, 1.807) is 6.07 Å². The highest BCUT2D eigenvalue weighted by Crippen LogP contribution is 2.33. The van der Waals surface area contributed by atoms with Crippen LogP contribution in [0.2, 0.25) is 0 Å². The van der Waals surface area contributed by atoms with E-state index in [4.69, 9.17) is 25.7 Å². The van der Waals surface area contributed by atoms with Gasteiger partial charge in [0, 0.05) is 25.4 Å². The highest BCUT2D eigenvalue weighted by atomic mass is 19.1. The van der Waals surface area contributed by atoms with E-state index in [1.165, 1.54) is 10.8 Å². The van der Waals surface area contributed by atoms with Gasteiger partial charge in [-0.1, -0.05) is 6.92 Å². The molecule has 1 fully saturated rings. The van der Waals surface area contributed by atoms with Crippen LogP contribution >= 0.6 is 0 Å². The lowest BCUT2D eigenvalue weighted by molar-refractivity contribution is 0.0534. The van der Waals surface area contributed by atoms with E-state index in [-0.39, 0.29) is 37.0 Å². The molecule has 4 N–H and O–H groups in total. The molecule has 4 rings (SSSR count). The summed E-state index contributed by atoms with van der Waals surface area (Å²) in [6, 6.07) is 3.73. The summed E-state index contributed by atoms with van der Waals surface area (Å²) in [7, 11) is 0. The monoisotopic (exact) mass is 476 g/mol. The number of benzene rings is 1. The number of aliphatic imine (C=N–C) groups is 1. The van der Waals surface area contributed by atoms with E-state index < -0.39 is 28.7 Å². The Hall–Kier alpha value is -3.51. The number of allylic oxidation sites excluding steroid dienone is 1. The van der Waals surface area contributed by atoms with Gasteiger partial charge in [-0.3, -0.25) is 9.56 Å². The number of ether oxygens (including phenoxy) is 3. The van der Waals surface area contributed by atoms with Gasteiger partial charge in [-0.2, -0.15) is 4.98 Å². The molecule has 1 aromatic heterocycles. The van der Waals surface area contributed by atoms with Crippen molar-refractivity contribution >= 4 is 12.0 Å². The third kappa shape index (κ3) is 4.73. The molecular formula is C22H26F2N6O4. The first-order valence-electron chi connectivity index (χ1n) is 10.8. The van der Waals surface area contributed by atoms with E-state index >= 15 is 0 Å². The molecule has 1 aromatic carbocycles. The van der Waals surface area contributed by atoms with Gasteiger partial charge in [0.05, 0.1) is 26.0 Å². The summed E-state index contributed by atoms with van der Waals surface area (Å²) < 4.78 is 46.8. The topological polar surface area (TPSA) is 130 Å². The lowest BCUT2D eigenvalue weighted by atomic mass is 10.1. The zero-order valence-corrected chi connectivity index (χ0v) is 18.7. The van der Waals surface area contributed by atoms with Crippen LogP contribution in [0.25, 0.3) is 0 Å². The standard InChI is InChI=1S/C22H26F2N6O4/c1-2-3-27-10-15(9-25)34-20-16(23)6-14(7-17(20)24)11-33-18-8-19-29(21(31)28-18)12-22(26)13-32-5-4-30(19)22/h6-10H,2-5,11-13,25-26H2,1H3. The van der Waals surface area contributed by atoms with Crippen molar-refractivity contribution in [2.24, 2.45) is 16.5 Å². The van der Waals surface area contributed by atoms with E-state index in [0.717, 1.165) is 24.8 Å². The summed E-state index contributed by atoms with van der Waals surface area (Å²) in [5.74, 6) is -1.89. The molecule has 12 heteroatoms. The fourth-order valence-electron chi connectivity index (χ4n) is 3.83. The first-order chi connectivity index (χ1) is 16.3. The predicted octanol–water partition coefficient (Wildman–Crippen LogP) is 1.27. The van der Waals surface area contributed by atoms with Gasteiger partial charge in [-0.05, 0) is 24.1 Å². The summed E-state index contributed by atoms with van der Waals surface area (Å²) >= 11 is 0. The van der Waals surface area contributed by atoms with Crippen molar-refractivity contribution in [2.45, 2.75) is 32.2 Å². The Morgan fingerprint density at radius 1 is 1.35 bits per heavy atom. The maximum atomic E-state index is 14.6. The average molecular weight is 476 g/mol. The second-order valence-corrected chi connectivity index (χ2v) is 8.01. The Morgan fingerprint density at radius 2 is 2.12 bits per heavy atom. The van der Waals surface area contributed by atoms with E-state index in [0.29, 0.717) is 25.5 Å². The molecule has 1 saturated heterocycles. The van der Waals surface area contributed by atoms with Crippen molar-refractivity contribution in [3.05, 3.63) is 57.8 Å². The minimum absolute atomic E-state index is 0.0113. The van der Waals surface area contributed by atoms with Crippen molar-refractivity contribution < 1.29 is 23.0 Å². The summed E-state index contributed by atoms with van der Waals surface area (Å²) in [6.45, 7) is 3.76. The fourth-order valence-corrected chi connectivity index (χ4v) is 3.83. The molecule has 10 nitrogen and oxygen atoms in total. The van der Waals surface area contributed by atoms with Crippen molar-refractivity contribution in [3.63, 3.8) is 0 Å². The molecule has 2 aromatic rings. The highest BCUT2D eigenvalue weighted by Gasteiger charge is 2.44. The van der Waals surface area contributed by atoms with E-state index in [2.05, 4.69) is 9.98 Å². The zero-order chi connectivity index (χ0) is 24.3. The number of hydrogen-bond donors (Lipinski definition) is 2. The number of hydrogen-bond acceptors (Lipinski definition) is 9. The number of rotatable bonds is 8. The van der Waals surface area contributed by atoms with Gasteiger partial charge < -0.3 is 30.6 Å². The van der Waals surface area contributed by atoms with Gasteiger partial charge >= 0.3 is 5.69 Å². The summed E-state index contributed by atoms with van der Waals surface area (Å²) in [4.78, 5) is 22.3. The second-order valence-electron chi connectivity index (χ2n) is 8.01. The normalized spacial score (nSPS) is 19.9. The molecule has 1 unspecified atom stereocenters. The molecule has 182 valence electrons. The van der Waals surface area contributed by atoms with Gasteiger partial charge in [0.15, 0.2) is 23.1 Å². The molecule has 0 spiro atoms. The Balaban J connectivity index is 1.48. The third-order valence-electron chi connectivity index (χ3n) is 5.42. The molecule has 1 atom stereocenters. The van der Waals surface area contributed by atoms with Crippen LogP contribution in [0.3, 0.4) is 0 Å². The van der Waals surface area contributed by atoms with Gasteiger partial charge in [0.25, 0.3) is 0 Å². The molecule has 0 bridgehead atoms. The fraction of sp³-hybridized carbons (Fsp3) is 0.409. The number of nitrogens with zero attached hydrogens (tertiary/aromatic N) is 4. The van der Waals surface area contributed by atoms with Crippen LogP contribution < -0.4 is 31.5 Å². The minimum atomic E-state index is -0.940. The van der Waals surface area contributed by atoms with Gasteiger partial charge in [0.1, 0.15) is 18.1 Å². The lowest BCUT2D eigenvalue weighted by Crippen LogP contribution is -2.62. The van der Waals surface area contributed by atoms with Crippen molar-refractivity contribution in [1.82, 2.24) is 9.55 Å². The summed E-state index contributed by atoms with van der Waals surface area (Å²) in [5, 5.41) is 0. The van der Waals surface area contributed by atoms with Gasteiger partial charge in [-0.25, -0.2) is 13.6 Å². The molecular weight excluding hydrogens is 450 g/mol. The van der Waals surface area contributed by atoms with Crippen LogP contribution in [-0.2, 0) is 17.9 Å². The summed E-state index contributed by atoms with van der Waals surface area (Å²) in [6.07, 6.45) is 3.18. The predicted molar refractivity (Wildman–Crippen MR) is 121 cm³/mol. The number of aromatic nitrogens is 2. The van der Waals surface area contributed by atoms with Crippen molar-refractivity contribution in [2.75, 3.05) is 31.2 Å². The number of halogens is 2. The molecule has 3 heterocycles. The van der Waals surface area contributed by atoms with Crippen LogP contribution in [0, 0.1) is 11.6 Å². The maximum absolute atomic E-state index is 14.6. The molecule has 0 radical (unpaired) electrons. The van der Waals surface area contributed by atoms with Crippen molar-refractivity contribution in [3.8, 4) is 11.6 Å². The SMILES string of the molecule is CCCN=CC(=CN)Oc1c(F)cc(COc2cc3n(c(=O)n2)CC2(N)COCCN32)cc1F. The minimum Gasteiger partial charge on any atom is -0.473 e. The molecule has 34 heavy (non-hydrogen) atoms. The number of anilines is 1. The zero-order valence-electron chi connectivity index (χ0n) is 18.7. The highest BCUT2D eigenvalue weighted by molar-refractivity contribution is 5.76. The van der Waals surface area contributed by atoms with Crippen LogP contribution in [-0.4, -0.2) is 47.7 Å². The van der Waals surface area contributed by atoms with Crippen molar-refractivity contribution in [1.29, 1.82) is 0 Å². The first kappa shape index (κ1) is 23.6. The largest absolute Gasteiger partial charge is 0.473 e. The number of nitrogens with two attached hydrogens (primary N) is 2. The van der Waals surface area contributed by atoms with E-state index in [9.17, 15) is 13.6 Å². The molecule has 0 aliphatic carbocycles. The second kappa shape index (κ2) is 9.77. The first-order valence-corrected chi connectivity index (χ1v) is 10.8. The Labute approximate surface area is 194 Å². The average Bonchev–Trinajstić information content (AvgIpc) is 3.12. The number of morpholine rings is 1. The quantitative estimate of drug-likeness (QED) is 0.430. The van der Waals surface area contributed by atoms with Crippen LogP contribution in [0.4, 0.5) is 14.6 Å². The molecule has 2 aliphatic heterocycles. The van der Waals surface area contributed by atoms with Crippen LogP contribution in [0.15, 0.2) is 39.9 Å². The van der Waals surface area contributed by atoms with Gasteiger partial charge in [0.2, 0.25) is 5.88 Å². The molecule has 2 aliphatic rings. The van der Waals surface area contributed by atoms with E-state index in [1.807, 2.05) is 11.8 Å². The van der Waals surface area contributed by atoms with Crippen LogP contribution in [0.5, 0.6) is 11.6 Å². The summed E-state index contributed by atoms with van der Waals surface area (Å²) in [5.41, 5.74) is 10.7. The Morgan fingerprint density at radius 3 is 2.82 bits per heavy atom. The number of fused-ring (bicyclic) bond motifs is 3. The Bertz CT molecular complexity index is 1160. The van der Waals surface area contributed by atoms with Crippen LogP contribution in [0.1, 0.15) is 18.9 Å². The Kier molecular flexibility index (Phi) is 6.80.